The van der Waals surface area contributed by atoms with Crippen molar-refractivity contribution in [2.45, 2.75) is 40.2 Å². The van der Waals surface area contributed by atoms with Crippen LogP contribution in [0.4, 0.5) is 0 Å². The zero-order valence-corrected chi connectivity index (χ0v) is 14.3. The molecule has 1 aromatic heterocycles. The van der Waals surface area contributed by atoms with Gasteiger partial charge < -0.3 is 14.2 Å². The van der Waals surface area contributed by atoms with Gasteiger partial charge in [-0.2, -0.15) is 0 Å². The van der Waals surface area contributed by atoms with E-state index in [1.54, 1.807) is 6.08 Å². The third-order valence-electron chi connectivity index (χ3n) is 4.41. The molecule has 1 fully saturated rings. The maximum absolute atomic E-state index is 12.9. The molecule has 126 valence electrons. The van der Waals surface area contributed by atoms with Crippen molar-refractivity contribution < 1.29 is 14.3 Å². The predicted octanol–water partition coefficient (Wildman–Crippen LogP) is 2.71. The third kappa shape index (κ3) is 3.66. The number of rotatable bonds is 5. The summed E-state index contributed by atoms with van der Waals surface area (Å²) >= 11 is 0. The second kappa shape index (κ2) is 7.49. The largest absolute Gasteiger partial charge is 0.466 e. The Balaban J connectivity index is 2.08. The Hall–Kier alpha value is -2.04. The van der Waals surface area contributed by atoms with Gasteiger partial charge in [0.15, 0.2) is 0 Å². The number of ether oxygens (including phenoxy) is 1. The number of esters is 1. The van der Waals surface area contributed by atoms with Crippen LogP contribution in [-0.2, 0) is 16.1 Å². The number of allylic oxidation sites excluding steroid dienone is 1. The van der Waals surface area contributed by atoms with Gasteiger partial charge in [-0.3, -0.25) is 9.59 Å². The maximum atomic E-state index is 12.9. The van der Waals surface area contributed by atoms with Crippen molar-refractivity contribution in [3.05, 3.63) is 35.7 Å². The summed E-state index contributed by atoms with van der Waals surface area (Å²) in [7, 11) is 0. The summed E-state index contributed by atoms with van der Waals surface area (Å²) in [6.07, 6.45) is 3.14. The fourth-order valence-electron chi connectivity index (χ4n) is 3.23. The minimum absolute atomic E-state index is 0.0414. The topological polar surface area (TPSA) is 51.5 Å². The number of piperidine rings is 1. The Morgan fingerprint density at radius 3 is 2.57 bits per heavy atom. The van der Waals surface area contributed by atoms with Gasteiger partial charge in [0.05, 0.1) is 12.5 Å². The van der Waals surface area contributed by atoms with Gasteiger partial charge >= 0.3 is 5.97 Å². The number of hydrogen-bond donors (Lipinski definition) is 0. The van der Waals surface area contributed by atoms with Gasteiger partial charge in [0, 0.05) is 25.3 Å². The van der Waals surface area contributed by atoms with Gasteiger partial charge in [-0.15, -0.1) is 6.58 Å². The number of amides is 1. The molecule has 5 nitrogen and oxygen atoms in total. The first-order valence-electron chi connectivity index (χ1n) is 8.23. The van der Waals surface area contributed by atoms with Crippen LogP contribution in [0.1, 0.15) is 41.5 Å². The molecule has 0 radical (unpaired) electrons. The average Bonchev–Trinajstić information content (AvgIpc) is 2.81. The van der Waals surface area contributed by atoms with Gasteiger partial charge in [0.1, 0.15) is 5.69 Å². The Kier molecular flexibility index (Phi) is 5.64. The minimum Gasteiger partial charge on any atom is -0.466 e. The summed E-state index contributed by atoms with van der Waals surface area (Å²) in [5.74, 6) is -0.178. The normalized spacial score (nSPS) is 15.5. The Bertz CT molecular complexity index is 596. The molecule has 0 unspecified atom stereocenters. The van der Waals surface area contributed by atoms with Crippen LogP contribution in [-0.4, -0.2) is 41.0 Å². The summed E-state index contributed by atoms with van der Waals surface area (Å²) in [4.78, 5) is 26.5. The molecule has 0 spiro atoms. The number of carbonyl (C=O) groups is 2. The van der Waals surface area contributed by atoms with Gasteiger partial charge in [0.2, 0.25) is 0 Å². The smallest absolute Gasteiger partial charge is 0.309 e. The lowest BCUT2D eigenvalue weighted by molar-refractivity contribution is -0.149. The zero-order chi connectivity index (χ0) is 17.0. The molecule has 1 aromatic rings. The lowest BCUT2D eigenvalue weighted by Gasteiger charge is -2.31. The molecule has 5 heteroatoms. The molecule has 0 aromatic carbocycles. The lowest BCUT2D eigenvalue weighted by Crippen LogP contribution is -2.41. The molecule has 0 atom stereocenters. The second-order valence-electron chi connectivity index (χ2n) is 6.04. The quantitative estimate of drug-likeness (QED) is 0.619. The summed E-state index contributed by atoms with van der Waals surface area (Å²) in [6.45, 7) is 11.8. The highest BCUT2D eigenvalue weighted by Gasteiger charge is 2.30. The zero-order valence-electron chi connectivity index (χ0n) is 14.3. The Morgan fingerprint density at radius 2 is 2.00 bits per heavy atom. The monoisotopic (exact) mass is 318 g/mol. The minimum atomic E-state index is -0.137. The molecule has 1 aliphatic heterocycles. The van der Waals surface area contributed by atoms with Gasteiger partial charge in [-0.05, 0) is 45.2 Å². The van der Waals surface area contributed by atoms with E-state index >= 15 is 0 Å². The van der Waals surface area contributed by atoms with E-state index < -0.39 is 0 Å². The number of carbonyl (C=O) groups excluding carboxylic acids is 2. The predicted molar refractivity (Wildman–Crippen MR) is 89.4 cm³/mol. The molecule has 2 rings (SSSR count). The Labute approximate surface area is 137 Å². The first-order valence-corrected chi connectivity index (χ1v) is 8.23. The maximum Gasteiger partial charge on any atom is 0.309 e. The highest BCUT2D eigenvalue weighted by atomic mass is 16.5. The second-order valence-corrected chi connectivity index (χ2v) is 6.04. The molecule has 1 saturated heterocycles. The van der Waals surface area contributed by atoms with E-state index in [-0.39, 0.29) is 17.8 Å². The van der Waals surface area contributed by atoms with Gasteiger partial charge in [-0.1, -0.05) is 6.08 Å². The Morgan fingerprint density at radius 1 is 1.35 bits per heavy atom. The van der Waals surface area contributed by atoms with Crippen LogP contribution < -0.4 is 0 Å². The van der Waals surface area contributed by atoms with Crippen molar-refractivity contribution in [2.24, 2.45) is 5.92 Å². The molecule has 0 N–H and O–H groups in total. The van der Waals surface area contributed by atoms with Gasteiger partial charge in [-0.25, -0.2) is 0 Å². The molecular formula is C18H26N2O3. The van der Waals surface area contributed by atoms with E-state index in [4.69, 9.17) is 4.74 Å². The molecule has 1 amide bonds. The van der Waals surface area contributed by atoms with E-state index in [1.165, 1.54) is 0 Å². The van der Waals surface area contributed by atoms with E-state index in [2.05, 4.69) is 6.58 Å². The molecule has 0 aliphatic carbocycles. The van der Waals surface area contributed by atoms with Crippen LogP contribution in [0.25, 0.3) is 0 Å². The van der Waals surface area contributed by atoms with Crippen molar-refractivity contribution in [3.8, 4) is 0 Å². The highest BCUT2D eigenvalue weighted by molar-refractivity contribution is 5.94. The fourth-order valence-corrected chi connectivity index (χ4v) is 3.23. The fraction of sp³-hybridized carbons (Fsp3) is 0.556. The van der Waals surface area contributed by atoms with Crippen molar-refractivity contribution in [2.75, 3.05) is 19.7 Å². The SMILES string of the molecule is C=CCn1c(C)cc(C)c1C(=O)N1CCC(C(=O)OCC)CC1. The third-order valence-corrected chi connectivity index (χ3v) is 4.41. The van der Waals surface area contributed by atoms with Crippen LogP contribution in [0.15, 0.2) is 18.7 Å². The van der Waals surface area contributed by atoms with Crippen LogP contribution in [0.5, 0.6) is 0 Å². The summed E-state index contributed by atoms with van der Waals surface area (Å²) in [5.41, 5.74) is 2.78. The lowest BCUT2D eigenvalue weighted by atomic mass is 9.96. The molecule has 0 saturated carbocycles. The molecule has 23 heavy (non-hydrogen) atoms. The van der Waals surface area contributed by atoms with Crippen molar-refractivity contribution >= 4 is 11.9 Å². The molecular weight excluding hydrogens is 292 g/mol. The van der Waals surface area contributed by atoms with Crippen LogP contribution >= 0.6 is 0 Å². The van der Waals surface area contributed by atoms with E-state index in [1.807, 2.05) is 36.3 Å². The number of hydrogen-bond acceptors (Lipinski definition) is 3. The van der Waals surface area contributed by atoms with E-state index in [0.717, 1.165) is 17.0 Å². The first kappa shape index (κ1) is 17.3. The molecule has 1 aliphatic rings. The average molecular weight is 318 g/mol. The van der Waals surface area contributed by atoms with Crippen LogP contribution in [0.2, 0.25) is 0 Å². The highest BCUT2D eigenvalue weighted by Crippen LogP contribution is 2.23. The first-order chi connectivity index (χ1) is 11.0. The molecule has 0 bridgehead atoms. The van der Waals surface area contributed by atoms with Crippen molar-refractivity contribution in [1.82, 2.24) is 9.47 Å². The van der Waals surface area contributed by atoms with Crippen LogP contribution in [0, 0.1) is 19.8 Å². The van der Waals surface area contributed by atoms with E-state index in [9.17, 15) is 9.59 Å². The van der Waals surface area contributed by atoms with E-state index in [0.29, 0.717) is 39.1 Å². The summed E-state index contributed by atoms with van der Waals surface area (Å²) in [6, 6.07) is 2.03. The van der Waals surface area contributed by atoms with Gasteiger partial charge in [0.25, 0.3) is 5.91 Å². The number of aromatic nitrogens is 1. The summed E-state index contributed by atoms with van der Waals surface area (Å²) < 4.78 is 7.08. The molecule has 2 heterocycles. The number of likely N-dealkylation sites (tertiary alicyclic amines) is 1. The standard InChI is InChI=1S/C18H26N2O3/c1-5-9-20-14(4)12-13(3)16(20)17(21)19-10-7-15(8-11-19)18(22)23-6-2/h5,12,15H,1,6-11H2,2-4H3. The van der Waals surface area contributed by atoms with Crippen molar-refractivity contribution in [1.29, 1.82) is 0 Å². The number of nitrogens with zero attached hydrogens (tertiary/aromatic N) is 2. The van der Waals surface area contributed by atoms with Crippen LogP contribution in [0.3, 0.4) is 0 Å². The summed E-state index contributed by atoms with van der Waals surface area (Å²) in [5, 5.41) is 0. The number of aryl methyl sites for hydroxylation is 2. The van der Waals surface area contributed by atoms with Crippen molar-refractivity contribution in [3.63, 3.8) is 0 Å².